The van der Waals surface area contributed by atoms with Crippen molar-refractivity contribution >= 4 is 5.69 Å². The van der Waals surface area contributed by atoms with Crippen LogP contribution in [0.25, 0.3) is 0 Å². The Balaban J connectivity index is 1.23. The first-order valence-corrected chi connectivity index (χ1v) is 8.43. The van der Waals surface area contributed by atoms with E-state index in [9.17, 15) is 4.39 Å². The summed E-state index contributed by atoms with van der Waals surface area (Å²) in [7, 11) is 0. The number of piperazine rings is 1. The van der Waals surface area contributed by atoms with E-state index in [-0.39, 0.29) is 5.82 Å². The molecule has 7 heteroatoms. The van der Waals surface area contributed by atoms with E-state index in [2.05, 4.69) is 24.8 Å². The molecule has 0 spiro atoms. The largest absolute Gasteiger partial charge is 0.369 e. The molecule has 4 rings (SSSR count). The maximum absolute atomic E-state index is 13.0. The van der Waals surface area contributed by atoms with Gasteiger partial charge in [0.05, 0.1) is 6.54 Å². The minimum Gasteiger partial charge on any atom is -0.369 e. The van der Waals surface area contributed by atoms with Gasteiger partial charge in [-0.15, -0.1) is 0 Å². The smallest absolute Gasteiger partial charge is 0.240 e. The molecular formula is C17H22FN5O. The predicted octanol–water partition coefficient (Wildman–Crippen LogP) is 1.52. The van der Waals surface area contributed by atoms with Gasteiger partial charge in [0.2, 0.25) is 5.89 Å². The number of halogens is 1. The van der Waals surface area contributed by atoms with Crippen molar-refractivity contribution in [3.05, 3.63) is 41.8 Å². The predicted molar refractivity (Wildman–Crippen MR) is 88.3 cm³/mol. The van der Waals surface area contributed by atoms with Crippen LogP contribution >= 0.6 is 0 Å². The third-order valence-corrected chi connectivity index (χ3v) is 4.89. The normalized spacial score (nSPS) is 20.3. The molecule has 3 heterocycles. The van der Waals surface area contributed by atoms with Crippen LogP contribution in [-0.2, 0) is 6.54 Å². The first-order chi connectivity index (χ1) is 11.7. The number of anilines is 1. The summed E-state index contributed by atoms with van der Waals surface area (Å²) >= 11 is 0. The number of aromatic nitrogens is 2. The van der Waals surface area contributed by atoms with E-state index in [4.69, 9.17) is 4.52 Å². The van der Waals surface area contributed by atoms with E-state index in [1.54, 1.807) is 0 Å². The summed E-state index contributed by atoms with van der Waals surface area (Å²) in [4.78, 5) is 11.5. The quantitative estimate of drug-likeness (QED) is 0.847. The molecule has 0 aliphatic carbocycles. The second-order valence-electron chi connectivity index (χ2n) is 6.58. The van der Waals surface area contributed by atoms with Gasteiger partial charge in [-0.2, -0.15) is 4.98 Å². The highest BCUT2D eigenvalue weighted by Crippen LogP contribution is 2.22. The zero-order chi connectivity index (χ0) is 16.5. The Bertz CT molecular complexity index is 675. The van der Waals surface area contributed by atoms with E-state index < -0.39 is 0 Å². The summed E-state index contributed by atoms with van der Waals surface area (Å²) in [5, 5.41) is 3.83. The van der Waals surface area contributed by atoms with Crippen molar-refractivity contribution in [1.82, 2.24) is 19.9 Å². The minimum atomic E-state index is -0.177. The Hall–Kier alpha value is -1.99. The standard InChI is InChI=1S/C17H22FN5O/c1-13-19-17(24-20-13)12-21-10-16(11-21)23-8-6-22(7-9-23)15-4-2-14(18)3-5-15/h2-5,16H,6-12H2,1H3. The summed E-state index contributed by atoms with van der Waals surface area (Å²) in [5.74, 6) is 1.22. The lowest BCUT2D eigenvalue weighted by molar-refractivity contribution is 0.0196. The highest BCUT2D eigenvalue weighted by molar-refractivity contribution is 5.46. The molecule has 6 nitrogen and oxygen atoms in total. The van der Waals surface area contributed by atoms with Crippen LogP contribution in [-0.4, -0.2) is 65.3 Å². The van der Waals surface area contributed by atoms with Crippen molar-refractivity contribution in [2.75, 3.05) is 44.2 Å². The molecule has 24 heavy (non-hydrogen) atoms. The molecule has 1 aromatic heterocycles. The maximum atomic E-state index is 13.0. The fourth-order valence-corrected chi connectivity index (χ4v) is 3.50. The number of hydrogen-bond donors (Lipinski definition) is 0. The number of aryl methyl sites for hydroxylation is 1. The molecule has 128 valence electrons. The van der Waals surface area contributed by atoms with Crippen LogP contribution in [0.15, 0.2) is 28.8 Å². The van der Waals surface area contributed by atoms with Crippen LogP contribution in [0.3, 0.4) is 0 Å². The second kappa shape index (κ2) is 6.49. The zero-order valence-corrected chi connectivity index (χ0v) is 13.9. The lowest BCUT2D eigenvalue weighted by Crippen LogP contribution is -2.62. The summed E-state index contributed by atoms with van der Waals surface area (Å²) < 4.78 is 18.2. The molecule has 0 unspecified atom stereocenters. The molecule has 0 N–H and O–H groups in total. The molecule has 0 atom stereocenters. The van der Waals surface area contributed by atoms with E-state index in [1.807, 2.05) is 19.1 Å². The van der Waals surface area contributed by atoms with Crippen molar-refractivity contribution in [2.45, 2.75) is 19.5 Å². The number of likely N-dealkylation sites (tertiary alicyclic amines) is 1. The monoisotopic (exact) mass is 331 g/mol. The van der Waals surface area contributed by atoms with Crippen molar-refractivity contribution in [3.8, 4) is 0 Å². The van der Waals surface area contributed by atoms with Crippen LogP contribution in [0.5, 0.6) is 0 Å². The summed E-state index contributed by atoms with van der Waals surface area (Å²) in [6.07, 6.45) is 0. The summed E-state index contributed by atoms with van der Waals surface area (Å²) in [5.41, 5.74) is 1.11. The summed E-state index contributed by atoms with van der Waals surface area (Å²) in [6, 6.07) is 7.41. The van der Waals surface area contributed by atoms with Gasteiger partial charge in [0.25, 0.3) is 0 Å². The van der Waals surface area contributed by atoms with E-state index in [0.717, 1.165) is 51.5 Å². The van der Waals surface area contributed by atoms with Crippen LogP contribution in [0, 0.1) is 12.7 Å². The van der Waals surface area contributed by atoms with Crippen LogP contribution in [0.1, 0.15) is 11.7 Å². The van der Waals surface area contributed by atoms with E-state index >= 15 is 0 Å². The van der Waals surface area contributed by atoms with E-state index in [1.165, 1.54) is 12.1 Å². The number of nitrogens with zero attached hydrogens (tertiary/aromatic N) is 5. The fraction of sp³-hybridized carbons (Fsp3) is 0.529. The van der Waals surface area contributed by atoms with Gasteiger partial charge in [0.15, 0.2) is 5.82 Å². The lowest BCUT2D eigenvalue weighted by Gasteiger charge is -2.48. The third kappa shape index (κ3) is 3.27. The van der Waals surface area contributed by atoms with Gasteiger partial charge in [-0.1, -0.05) is 5.16 Å². The van der Waals surface area contributed by atoms with Gasteiger partial charge in [-0.25, -0.2) is 4.39 Å². The van der Waals surface area contributed by atoms with Crippen molar-refractivity contribution in [3.63, 3.8) is 0 Å². The molecule has 2 saturated heterocycles. The molecular weight excluding hydrogens is 309 g/mol. The highest BCUT2D eigenvalue weighted by atomic mass is 19.1. The van der Waals surface area contributed by atoms with Gasteiger partial charge < -0.3 is 9.42 Å². The van der Waals surface area contributed by atoms with Crippen LogP contribution < -0.4 is 4.90 Å². The van der Waals surface area contributed by atoms with Crippen molar-refractivity contribution in [2.24, 2.45) is 0 Å². The number of benzene rings is 1. The Morgan fingerprint density at radius 3 is 2.46 bits per heavy atom. The molecule has 0 amide bonds. The van der Waals surface area contributed by atoms with Crippen LogP contribution in [0.4, 0.5) is 10.1 Å². The maximum Gasteiger partial charge on any atom is 0.240 e. The number of rotatable bonds is 4. The SMILES string of the molecule is Cc1noc(CN2CC(N3CCN(c4ccc(F)cc4)CC3)C2)n1. The van der Waals surface area contributed by atoms with Crippen molar-refractivity contribution in [1.29, 1.82) is 0 Å². The van der Waals surface area contributed by atoms with Crippen molar-refractivity contribution < 1.29 is 8.91 Å². The molecule has 0 bridgehead atoms. The molecule has 2 aliphatic rings. The third-order valence-electron chi connectivity index (χ3n) is 4.89. The molecule has 2 aliphatic heterocycles. The molecule has 2 fully saturated rings. The van der Waals surface area contributed by atoms with Gasteiger partial charge in [0, 0.05) is 51.0 Å². The van der Waals surface area contributed by atoms with Gasteiger partial charge in [-0.05, 0) is 31.2 Å². The molecule has 1 aromatic carbocycles. The van der Waals surface area contributed by atoms with Crippen LogP contribution in [0.2, 0.25) is 0 Å². The zero-order valence-electron chi connectivity index (χ0n) is 13.9. The Morgan fingerprint density at radius 1 is 1.12 bits per heavy atom. The Kier molecular flexibility index (Phi) is 4.20. The second-order valence-corrected chi connectivity index (χ2v) is 6.58. The first-order valence-electron chi connectivity index (χ1n) is 8.43. The highest BCUT2D eigenvalue weighted by Gasteiger charge is 2.34. The minimum absolute atomic E-state index is 0.177. The molecule has 0 saturated carbocycles. The molecule has 2 aromatic rings. The number of hydrogen-bond acceptors (Lipinski definition) is 6. The Morgan fingerprint density at radius 2 is 1.83 bits per heavy atom. The molecule has 0 radical (unpaired) electrons. The Labute approximate surface area is 140 Å². The van der Waals surface area contributed by atoms with Gasteiger partial charge in [0.1, 0.15) is 5.82 Å². The topological polar surface area (TPSA) is 48.6 Å². The lowest BCUT2D eigenvalue weighted by atomic mass is 10.1. The van der Waals surface area contributed by atoms with Gasteiger partial charge >= 0.3 is 0 Å². The average Bonchev–Trinajstić information content (AvgIpc) is 2.97. The first kappa shape index (κ1) is 15.5. The fourth-order valence-electron chi connectivity index (χ4n) is 3.50. The van der Waals surface area contributed by atoms with E-state index in [0.29, 0.717) is 17.8 Å². The summed E-state index contributed by atoms with van der Waals surface area (Å²) in [6.45, 7) is 8.77. The average molecular weight is 331 g/mol. The van der Waals surface area contributed by atoms with Gasteiger partial charge in [-0.3, -0.25) is 9.80 Å².